The molecule has 19 nitrogen and oxygen atoms in total. The van der Waals surface area contributed by atoms with Crippen LogP contribution < -0.4 is 10.6 Å². The van der Waals surface area contributed by atoms with Crippen LogP contribution in [0.15, 0.2) is 0 Å². The van der Waals surface area contributed by atoms with Crippen LogP contribution in [0.25, 0.3) is 0 Å². The molecule has 3 N–H and O–H groups in total. The van der Waals surface area contributed by atoms with Gasteiger partial charge in [-0.05, 0) is 199 Å². The molecule has 2 amide bonds. The third-order valence-corrected chi connectivity index (χ3v) is 29.6. The third-order valence-electron chi connectivity index (χ3n) is 29.6. The van der Waals surface area contributed by atoms with Crippen LogP contribution >= 0.6 is 0 Å². The van der Waals surface area contributed by atoms with E-state index in [2.05, 4.69) is 99.6 Å². The normalized spacial score (nSPS) is 12.9. The van der Waals surface area contributed by atoms with Gasteiger partial charge in [-0.1, -0.05) is 403 Å². The molecule has 0 aromatic heterocycles. The first-order valence-electron chi connectivity index (χ1n) is 62.0. The van der Waals surface area contributed by atoms with Crippen LogP contribution in [0.1, 0.15) is 570 Å². The van der Waals surface area contributed by atoms with Gasteiger partial charge in [-0.25, -0.2) is 0 Å². The Morgan fingerprint density at radius 3 is 0.957 bits per heavy atom. The highest BCUT2D eigenvalue weighted by atomic mass is 16.5. The van der Waals surface area contributed by atoms with Crippen molar-refractivity contribution in [1.29, 1.82) is 0 Å². The SMILES string of the molecule is CCCCCCCCC(=O)NCCOCCOCCCN(C)CCN(CCCCCC(=O)OCC(CCCCCC)CCCCCCCC)CCCCCC(=O)OCC(CCCCCCCC)CC(CCCC)CCCCC(CCCCCC)C(=O)OCCCCCCCCCN(CCCCCCCCCOC(=O)C(CCCC)CCCCCC)CCN(CCCO)CCCCNC(=O)CCCCCCC. The lowest BCUT2D eigenvalue weighted by molar-refractivity contribution is -0.150. The summed E-state index contributed by atoms with van der Waals surface area (Å²) in [6, 6.07) is 0. The first-order chi connectivity index (χ1) is 69.2. The molecule has 0 saturated heterocycles. The zero-order valence-corrected chi connectivity index (χ0v) is 95.4. The fourth-order valence-corrected chi connectivity index (χ4v) is 20.1. The first kappa shape index (κ1) is 138. The van der Waals surface area contributed by atoms with Crippen LogP contribution in [-0.4, -0.2) is 212 Å². The molecular weight excluding hydrogens is 1760 g/mol. The van der Waals surface area contributed by atoms with Gasteiger partial charge in [-0.15, -0.1) is 0 Å². The van der Waals surface area contributed by atoms with Crippen molar-refractivity contribution in [3.63, 3.8) is 0 Å². The van der Waals surface area contributed by atoms with E-state index in [-0.39, 0.29) is 54.1 Å². The molecule has 0 fully saturated rings. The Morgan fingerprint density at radius 2 is 0.525 bits per heavy atom. The topological polar surface area (TPSA) is 215 Å². The van der Waals surface area contributed by atoms with Crippen molar-refractivity contribution in [2.45, 2.75) is 570 Å². The highest BCUT2D eigenvalue weighted by Gasteiger charge is 2.25. The van der Waals surface area contributed by atoms with Crippen LogP contribution in [0.5, 0.6) is 0 Å². The highest BCUT2D eigenvalue weighted by molar-refractivity contribution is 5.76. The maximum atomic E-state index is 14.0. The Hall–Kier alpha value is -3.46. The fourth-order valence-electron chi connectivity index (χ4n) is 20.1. The smallest absolute Gasteiger partial charge is 0.308 e. The summed E-state index contributed by atoms with van der Waals surface area (Å²) in [7, 11) is 2.21. The molecule has 0 saturated carbocycles. The lowest BCUT2D eigenvalue weighted by Crippen LogP contribution is -2.37. The summed E-state index contributed by atoms with van der Waals surface area (Å²) in [5.41, 5.74) is 0. The van der Waals surface area contributed by atoms with E-state index < -0.39 is 0 Å². The summed E-state index contributed by atoms with van der Waals surface area (Å²) in [5, 5.41) is 16.0. The van der Waals surface area contributed by atoms with Crippen LogP contribution in [-0.2, 0) is 57.2 Å². The maximum Gasteiger partial charge on any atom is 0.308 e. The predicted molar refractivity (Wildman–Crippen MR) is 599 cm³/mol. The van der Waals surface area contributed by atoms with Gasteiger partial charge in [0.1, 0.15) is 0 Å². The van der Waals surface area contributed by atoms with Crippen molar-refractivity contribution in [2.75, 3.05) is 152 Å². The number of carbonyl (C=O) groups is 6. The Kier molecular flexibility index (Phi) is 108. The van der Waals surface area contributed by atoms with E-state index in [1.165, 1.54) is 283 Å². The van der Waals surface area contributed by atoms with Crippen molar-refractivity contribution in [1.82, 2.24) is 30.2 Å². The number of carbonyl (C=O) groups excluding carboxylic acids is 6. The van der Waals surface area contributed by atoms with Gasteiger partial charge in [0, 0.05) is 91.3 Å². The first-order valence-corrected chi connectivity index (χ1v) is 62.0. The molecule has 0 aliphatic heterocycles. The molecule has 0 aromatic rings. The van der Waals surface area contributed by atoms with E-state index in [0.717, 1.165) is 278 Å². The van der Waals surface area contributed by atoms with Gasteiger partial charge in [-0.3, -0.25) is 28.8 Å². The largest absolute Gasteiger partial charge is 0.465 e. The monoisotopic (exact) mass is 2000 g/mol. The lowest BCUT2D eigenvalue weighted by Gasteiger charge is -2.28. The predicted octanol–water partition coefficient (Wildman–Crippen LogP) is 31.3. The van der Waals surface area contributed by atoms with E-state index >= 15 is 0 Å². The Balaban J connectivity index is 5.73. The summed E-state index contributed by atoms with van der Waals surface area (Å²) in [5.74, 6) is 1.75. The van der Waals surface area contributed by atoms with Gasteiger partial charge in [0.25, 0.3) is 0 Å². The fraction of sp³-hybridized carbons (Fsp3) is 0.951. The molecule has 0 spiro atoms. The zero-order chi connectivity index (χ0) is 103. The minimum atomic E-state index is -0.0483. The second-order valence-electron chi connectivity index (χ2n) is 43.3. The summed E-state index contributed by atoms with van der Waals surface area (Å²) in [6.07, 6.45) is 87.9. The van der Waals surface area contributed by atoms with Gasteiger partial charge in [0.2, 0.25) is 11.8 Å². The number of likely N-dealkylation sites (N-methyl/N-ethyl adjacent to an activating group) is 1. The summed E-state index contributed by atoms with van der Waals surface area (Å²) in [4.78, 5) is 89.0. The number of hydrogen-bond acceptors (Lipinski definition) is 17. The molecule has 19 heteroatoms. The Morgan fingerprint density at radius 1 is 0.234 bits per heavy atom. The minimum Gasteiger partial charge on any atom is -0.465 e. The molecule has 0 rings (SSSR count). The maximum absolute atomic E-state index is 14.0. The molecule has 836 valence electrons. The van der Waals surface area contributed by atoms with Crippen LogP contribution in [0, 0.1) is 29.6 Å². The highest BCUT2D eigenvalue weighted by Crippen LogP contribution is 2.31. The molecule has 141 heavy (non-hydrogen) atoms. The number of amides is 2. The Bertz CT molecular complexity index is 2630. The Labute approximate surface area is 873 Å². The number of hydrogen-bond donors (Lipinski definition) is 3. The summed E-state index contributed by atoms with van der Waals surface area (Å²) >= 11 is 0. The number of nitrogens with one attached hydrogen (secondary N) is 2. The van der Waals surface area contributed by atoms with Crippen molar-refractivity contribution in [3.8, 4) is 0 Å². The van der Waals surface area contributed by atoms with Crippen LogP contribution in [0.3, 0.4) is 0 Å². The van der Waals surface area contributed by atoms with Gasteiger partial charge in [-0.2, -0.15) is 0 Å². The van der Waals surface area contributed by atoms with Crippen molar-refractivity contribution < 1.29 is 62.3 Å². The third kappa shape index (κ3) is 97.1. The number of esters is 4. The van der Waals surface area contributed by atoms with Crippen LogP contribution in [0.4, 0.5) is 0 Å². The molecule has 0 aliphatic rings. The average Bonchev–Trinajstić information content (AvgIpc) is 0.914. The number of ether oxygens (including phenoxy) is 6. The number of rotatable bonds is 117. The molecule has 0 radical (unpaired) electrons. The number of aliphatic hydroxyl groups is 1. The second kappa shape index (κ2) is 111. The lowest BCUT2D eigenvalue weighted by atomic mass is 9.84. The standard InChI is InChI=1S/C122H240N6O13/c1-11-20-29-36-46-56-79-113(78-55-33-24-15-5)110-140-119(132)87-62-53-69-94-126(99-98-125(10)91-75-103-136-107-108-137-106-90-124-118(131)86-61-48-38-31-22-13-3)95-70-54-63-88-120(133)141-111-114(80-57-47-37-30-21-12-2)109-112(76-27-18-8)77-64-65-84-116(83-59-35-26-17-7)122(135)139-105-73-52-44-40-42-50-68-93-127(100-101-128(97-74-102-129)96-71-66-89-123-117(130)85-60-45-32-23-14-4)92-67-49-41-39-43-51-72-104-138-121(134)115(81-28-19-9)82-58-34-25-16-6/h112-116,129H,11-111H2,1-10H3,(H,123,130)(H,124,131). The molecule has 5 unspecified atom stereocenters. The summed E-state index contributed by atoms with van der Waals surface area (Å²) < 4.78 is 36.0. The minimum absolute atomic E-state index is 0.0254. The van der Waals surface area contributed by atoms with E-state index in [1.807, 2.05) is 0 Å². The van der Waals surface area contributed by atoms with Crippen molar-refractivity contribution in [2.24, 2.45) is 29.6 Å². The van der Waals surface area contributed by atoms with E-state index in [4.69, 9.17) is 28.4 Å². The zero-order valence-electron chi connectivity index (χ0n) is 95.4. The van der Waals surface area contributed by atoms with Crippen LogP contribution in [0.2, 0.25) is 0 Å². The van der Waals surface area contributed by atoms with E-state index in [9.17, 15) is 33.9 Å². The van der Waals surface area contributed by atoms with E-state index in [1.54, 1.807) is 0 Å². The number of aliphatic hydroxyl groups excluding tert-OH is 1. The molecule has 0 heterocycles. The number of unbranched alkanes of at least 4 members (excludes halogenated alkanes) is 48. The molecule has 0 aromatic carbocycles. The van der Waals surface area contributed by atoms with E-state index in [0.29, 0.717) is 103 Å². The number of nitrogens with zero attached hydrogens (tertiary/aromatic N) is 4. The van der Waals surface area contributed by atoms with Gasteiger partial charge in [0.15, 0.2) is 0 Å². The van der Waals surface area contributed by atoms with Gasteiger partial charge < -0.3 is 63.8 Å². The molecular formula is C122H240N6O13. The quantitative estimate of drug-likeness (QED) is 0.0293. The second-order valence-corrected chi connectivity index (χ2v) is 43.3. The van der Waals surface area contributed by atoms with Gasteiger partial charge >= 0.3 is 23.9 Å². The molecule has 0 aliphatic carbocycles. The van der Waals surface area contributed by atoms with Crippen molar-refractivity contribution >= 4 is 35.7 Å². The summed E-state index contributed by atoms with van der Waals surface area (Å²) in [6.45, 7) is 37.2. The molecule has 0 bridgehead atoms. The van der Waals surface area contributed by atoms with Gasteiger partial charge in [0.05, 0.1) is 58.1 Å². The average molecular weight is 2000 g/mol. The molecule has 5 atom stereocenters. The van der Waals surface area contributed by atoms with Crippen molar-refractivity contribution in [3.05, 3.63) is 0 Å².